The van der Waals surface area contributed by atoms with Crippen LogP contribution in [0.4, 0.5) is 0 Å². The van der Waals surface area contributed by atoms with Crippen molar-refractivity contribution >= 4 is 29.0 Å². The third-order valence-corrected chi connectivity index (χ3v) is 6.52. The van der Waals surface area contributed by atoms with Crippen LogP contribution < -0.4 is 10.7 Å². The zero-order valence-corrected chi connectivity index (χ0v) is 19.6. The largest absolute Gasteiger partial charge is 0.359 e. The summed E-state index contributed by atoms with van der Waals surface area (Å²) in [5.74, 6) is 0.190. The molecule has 3 N–H and O–H groups in total. The van der Waals surface area contributed by atoms with Crippen molar-refractivity contribution in [3.63, 3.8) is 0 Å². The Balaban J connectivity index is 1.49. The molecule has 3 aromatic rings. The predicted octanol–water partition coefficient (Wildman–Crippen LogP) is 4.54. The van der Waals surface area contributed by atoms with Gasteiger partial charge in [-0.05, 0) is 78.6 Å². The van der Waals surface area contributed by atoms with E-state index in [1.807, 2.05) is 48.1 Å². The van der Waals surface area contributed by atoms with Crippen molar-refractivity contribution in [1.29, 1.82) is 0 Å². The number of hydrogen-bond donors (Lipinski definition) is 3. The summed E-state index contributed by atoms with van der Waals surface area (Å²) in [7, 11) is 0. The van der Waals surface area contributed by atoms with E-state index in [4.69, 9.17) is 0 Å². The molecule has 0 saturated carbocycles. The van der Waals surface area contributed by atoms with E-state index in [0.717, 1.165) is 36.5 Å². The molecule has 4 rings (SSSR count). The minimum Gasteiger partial charge on any atom is -0.359 e. The second kappa shape index (κ2) is 10.1. The molecule has 0 aromatic carbocycles. The number of carbonyl (C=O) groups excluding carboxylic acids is 1. The Morgan fingerprint density at radius 1 is 1.22 bits per heavy atom. The standard InChI is InChI=1S/C25H29N5OS/c1-16(2)23-19(6-4-10-27-15-18-8-11-26-12-9-18)17(3)28-21(23)14-20-24(29-30-25(20)31)22-7-5-13-32-22/h5,7-9,11-14,16,27-28H,4,6,10,15H2,1-3H3,(H,30,31). The minimum atomic E-state index is -0.155. The Morgan fingerprint density at radius 3 is 2.75 bits per heavy atom. The van der Waals surface area contributed by atoms with Crippen LogP contribution in [0.5, 0.6) is 0 Å². The van der Waals surface area contributed by atoms with E-state index in [-0.39, 0.29) is 5.91 Å². The third-order valence-electron chi connectivity index (χ3n) is 5.64. The number of aromatic nitrogens is 2. The molecule has 0 aliphatic carbocycles. The topological polar surface area (TPSA) is 82.2 Å². The van der Waals surface area contributed by atoms with Gasteiger partial charge in [-0.2, -0.15) is 5.10 Å². The minimum absolute atomic E-state index is 0.155. The molecule has 0 unspecified atom stereocenters. The average molecular weight is 448 g/mol. The highest BCUT2D eigenvalue weighted by atomic mass is 32.1. The predicted molar refractivity (Wildman–Crippen MR) is 131 cm³/mol. The number of hydrogen-bond acceptors (Lipinski definition) is 5. The number of carbonyl (C=O) groups is 1. The van der Waals surface area contributed by atoms with Crippen LogP contribution in [0, 0.1) is 6.92 Å². The zero-order valence-electron chi connectivity index (χ0n) is 18.7. The summed E-state index contributed by atoms with van der Waals surface area (Å²) in [6.45, 7) is 8.33. The molecule has 0 atom stereocenters. The fraction of sp³-hybridized carbons (Fsp3) is 0.320. The molecule has 32 heavy (non-hydrogen) atoms. The van der Waals surface area contributed by atoms with Gasteiger partial charge < -0.3 is 10.3 Å². The molecular weight excluding hydrogens is 418 g/mol. The number of amides is 1. The molecule has 0 saturated heterocycles. The van der Waals surface area contributed by atoms with Gasteiger partial charge in [-0.25, -0.2) is 5.43 Å². The van der Waals surface area contributed by atoms with Gasteiger partial charge in [0.1, 0.15) is 5.71 Å². The molecule has 6 nitrogen and oxygen atoms in total. The molecule has 1 amide bonds. The lowest BCUT2D eigenvalue weighted by Crippen LogP contribution is -2.15. The molecule has 0 radical (unpaired) electrons. The van der Waals surface area contributed by atoms with Crippen LogP contribution in [0.25, 0.3) is 6.08 Å². The van der Waals surface area contributed by atoms with E-state index in [0.29, 0.717) is 17.2 Å². The summed E-state index contributed by atoms with van der Waals surface area (Å²) in [4.78, 5) is 21.1. The Kier molecular flexibility index (Phi) is 6.97. The van der Waals surface area contributed by atoms with Crippen LogP contribution in [-0.2, 0) is 17.8 Å². The number of H-pyrrole nitrogens is 1. The average Bonchev–Trinajstić information content (AvgIpc) is 3.49. The Morgan fingerprint density at radius 2 is 2.03 bits per heavy atom. The molecule has 1 aliphatic rings. The Hall–Kier alpha value is -3.03. The summed E-state index contributed by atoms with van der Waals surface area (Å²) < 4.78 is 0. The molecular formula is C25H29N5OS. The normalized spacial score (nSPS) is 14.9. The van der Waals surface area contributed by atoms with Crippen LogP contribution in [0.15, 0.2) is 52.7 Å². The maximum Gasteiger partial charge on any atom is 0.273 e. The molecule has 1 aliphatic heterocycles. The first-order valence-electron chi connectivity index (χ1n) is 11.0. The van der Waals surface area contributed by atoms with Crippen molar-refractivity contribution in [3.05, 3.63) is 80.6 Å². The van der Waals surface area contributed by atoms with Crippen LogP contribution in [-0.4, -0.2) is 28.1 Å². The van der Waals surface area contributed by atoms with Crippen LogP contribution in [0.2, 0.25) is 0 Å². The number of pyridine rings is 1. The maximum atomic E-state index is 12.5. The van der Waals surface area contributed by atoms with Crippen molar-refractivity contribution in [2.24, 2.45) is 5.10 Å². The third kappa shape index (κ3) is 4.89. The number of aromatic amines is 1. The van der Waals surface area contributed by atoms with Crippen molar-refractivity contribution in [2.75, 3.05) is 6.54 Å². The Bertz CT molecular complexity index is 1130. The number of thiophene rings is 1. The van der Waals surface area contributed by atoms with Gasteiger partial charge >= 0.3 is 0 Å². The van der Waals surface area contributed by atoms with Crippen LogP contribution in [0.3, 0.4) is 0 Å². The maximum absolute atomic E-state index is 12.5. The van der Waals surface area contributed by atoms with Crippen molar-refractivity contribution in [3.8, 4) is 0 Å². The van der Waals surface area contributed by atoms with Gasteiger partial charge in [0.2, 0.25) is 0 Å². The summed E-state index contributed by atoms with van der Waals surface area (Å²) in [6, 6.07) is 8.03. The number of hydrazone groups is 1. The summed E-state index contributed by atoms with van der Waals surface area (Å²) in [5, 5.41) is 9.78. The second-order valence-corrected chi connectivity index (χ2v) is 9.23. The van der Waals surface area contributed by atoms with E-state index in [9.17, 15) is 4.79 Å². The van der Waals surface area contributed by atoms with Gasteiger partial charge in [-0.15, -0.1) is 11.3 Å². The monoisotopic (exact) mass is 447 g/mol. The molecule has 0 fully saturated rings. The lowest BCUT2D eigenvalue weighted by molar-refractivity contribution is -0.116. The molecule has 3 aromatic heterocycles. The van der Waals surface area contributed by atoms with E-state index >= 15 is 0 Å². The summed E-state index contributed by atoms with van der Waals surface area (Å²) in [6.07, 6.45) is 7.64. The highest BCUT2D eigenvalue weighted by Gasteiger charge is 2.26. The van der Waals surface area contributed by atoms with Gasteiger partial charge in [-0.1, -0.05) is 19.9 Å². The molecule has 4 heterocycles. The van der Waals surface area contributed by atoms with E-state index in [1.54, 1.807) is 11.3 Å². The first-order chi connectivity index (χ1) is 15.5. The number of nitrogens with one attached hydrogen (secondary N) is 3. The van der Waals surface area contributed by atoms with Gasteiger partial charge in [0.05, 0.1) is 10.5 Å². The number of rotatable bonds is 9. The zero-order chi connectivity index (χ0) is 22.5. The van der Waals surface area contributed by atoms with E-state index in [2.05, 4.69) is 46.6 Å². The van der Waals surface area contributed by atoms with Crippen LogP contribution >= 0.6 is 11.3 Å². The van der Waals surface area contributed by atoms with E-state index < -0.39 is 0 Å². The van der Waals surface area contributed by atoms with Crippen molar-refractivity contribution < 1.29 is 4.79 Å². The summed E-state index contributed by atoms with van der Waals surface area (Å²) in [5.41, 5.74) is 10.0. The summed E-state index contributed by atoms with van der Waals surface area (Å²) >= 11 is 1.58. The fourth-order valence-electron chi connectivity index (χ4n) is 4.14. The van der Waals surface area contributed by atoms with Gasteiger partial charge in [0, 0.05) is 30.3 Å². The molecule has 7 heteroatoms. The highest BCUT2D eigenvalue weighted by Crippen LogP contribution is 2.30. The smallest absolute Gasteiger partial charge is 0.273 e. The quantitative estimate of drug-likeness (QED) is 0.333. The molecule has 0 spiro atoms. The van der Waals surface area contributed by atoms with Crippen molar-refractivity contribution in [2.45, 2.75) is 46.1 Å². The fourth-order valence-corrected chi connectivity index (χ4v) is 4.87. The van der Waals surface area contributed by atoms with Crippen molar-refractivity contribution in [1.82, 2.24) is 20.7 Å². The second-order valence-electron chi connectivity index (χ2n) is 8.28. The number of aryl methyl sites for hydroxylation is 1. The number of nitrogens with zero attached hydrogens (tertiary/aromatic N) is 2. The SMILES string of the molecule is Cc1[nH]c(C=C2C(=O)NN=C2c2cccs2)c(C(C)C)c1CCCNCc1ccncc1. The first-order valence-corrected chi connectivity index (χ1v) is 11.9. The highest BCUT2D eigenvalue weighted by molar-refractivity contribution is 7.12. The first kappa shape index (κ1) is 22.2. The van der Waals surface area contributed by atoms with E-state index in [1.165, 1.54) is 22.4 Å². The van der Waals surface area contributed by atoms with Gasteiger partial charge in [0.25, 0.3) is 5.91 Å². The Labute approximate surface area is 192 Å². The lowest BCUT2D eigenvalue weighted by atomic mass is 9.93. The van der Waals surface area contributed by atoms with Crippen LogP contribution in [0.1, 0.15) is 59.1 Å². The lowest BCUT2D eigenvalue weighted by Gasteiger charge is -2.11. The molecule has 0 bridgehead atoms. The van der Waals surface area contributed by atoms with Gasteiger partial charge in [0.15, 0.2) is 0 Å². The molecule has 166 valence electrons. The van der Waals surface area contributed by atoms with Gasteiger partial charge in [-0.3, -0.25) is 9.78 Å².